The normalized spacial score (nSPS) is 14.9. The van der Waals surface area contributed by atoms with Crippen LogP contribution in [0.25, 0.3) is 0 Å². The van der Waals surface area contributed by atoms with Crippen LogP contribution in [0.2, 0.25) is 10.0 Å². The Morgan fingerprint density at radius 1 is 1.30 bits per heavy atom. The fourth-order valence-electron chi connectivity index (χ4n) is 2.97. The first kappa shape index (κ1) is 22.0. The smallest absolute Gasteiger partial charge is 0.262 e. The van der Waals surface area contributed by atoms with Crippen molar-refractivity contribution < 1.29 is 19.1 Å². The topological polar surface area (TPSA) is 67.9 Å². The molecule has 8 heteroatoms. The largest absolute Gasteiger partial charge is 0.490 e. The zero-order valence-corrected chi connectivity index (χ0v) is 18.2. The molecule has 1 N–H and O–H groups in total. The number of carbonyl (C=O) groups is 2. The van der Waals surface area contributed by atoms with Gasteiger partial charge in [-0.1, -0.05) is 29.3 Å². The molecule has 0 atom stereocenters. The average Bonchev–Trinajstić information content (AvgIpc) is 2.78. The molecule has 0 radical (unpaired) electrons. The second-order valence-corrected chi connectivity index (χ2v) is 8.31. The lowest BCUT2D eigenvalue weighted by molar-refractivity contribution is -0.127. The summed E-state index contributed by atoms with van der Waals surface area (Å²) >= 11 is 11.9. The van der Waals surface area contributed by atoms with E-state index >= 15 is 0 Å². The Labute approximate surface area is 185 Å². The van der Waals surface area contributed by atoms with Crippen LogP contribution in [-0.2, 0) is 9.59 Å². The Balaban J connectivity index is 1.72. The van der Waals surface area contributed by atoms with E-state index in [0.29, 0.717) is 39.5 Å². The Morgan fingerprint density at radius 2 is 2.07 bits per heavy atom. The molecule has 2 amide bonds. The molecular weight excluding hydrogens is 427 g/mol. The fourth-order valence-corrected chi connectivity index (χ4v) is 3.43. The van der Waals surface area contributed by atoms with Gasteiger partial charge in [-0.2, -0.15) is 0 Å². The number of ether oxygens (including phenoxy) is 2. The summed E-state index contributed by atoms with van der Waals surface area (Å²) < 4.78 is 11.3. The predicted octanol–water partition coefficient (Wildman–Crippen LogP) is 4.95. The van der Waals surface area contributed by atoms with Gasteiger partial charge in [0, 0.05) is 23.3 Å². The number of hydrogen-bond acceptors (Lipinski definition) is 4. The lowest BCUT2D eigenvalue weighted by Gasteiger charge is -2.27. The van der Waals surface area contributed by atoms with Gasteiger partial charge in [-0.3, -0.25) is 9.59 Å². The van der Waals surface area contributed by atoms with Crippen LogP contribution in [0.15, 0.2) is 49.1 Å². The number of benzene rings is 2. The molecular formula is C22H22Cl2N2O4. The molecule has 3 rings (SSSR count). The van der Waals surface area contributed by atoms with Gasteiger partial charge in [0.15, 0.2) is 6.61 Å². The standard InChI is InChI=1S/C22H22Cl2N2O4/c1-4-9-26-17-7-6-15(11-19(17)30-13-22(2,3)21(26)28)25-20(27)12-29-18-8-5-14(23)10-16(18)24/h4-8,10-11H,1,9,12-13H2,2-3H3,(H,25,27). The van der Waals surface area contributed by atoms with Crippen LogP contribution in [0.4, 0.5) is 11.4 Å². The highest BCUT2D eigenvalue weighted by Crippen LogP contribution is 2.38. The number of nitrogens with zero attached hydrogens (tertiary/aromatic N) is 1. The van der Waals surface area contributed by atoms with E-state index in [1.165, 1.54) is 6.07 Å². The van der Waals surface area contributed by atoms with Crippen LogP contribution >= 0.6 is 23.2 Å². The monoisotopic (exact) mass is 448 g/mol. The molecule has 0 bridgehead atoms. The maximum absolute atomic E-state index is 12.8. The summed E-state index contributed by atoms with van der Waals surface area (Å²) in [6.45, 7) is 7.75. The summed E-state index contributed by atoms with van der Waals surface area (Å²) in [5, 5.41) is 3.56. The van der Waals surface area contributed by atoms with E-state index in [1.807, 2.05) is 13.8 Å². The SMILES string of the molecule is C=CCN1C(=O)C(C)(C)COc2cc(NC(=O)COc3ccc(Cl)cc3Cl)ccc21. The number of carbonyl (C=O) groups excluding carboxylic acids is 2. The third kappa shape index (κ3) is 4.89. The van der Waals surface area contributed by atoms with E-state index in [1.54, 1.807) is 41.3 Å². The first-order valence-electron chi connectivity index (χ1n) is 9.28. The van der Waals surface area contributed by atoms with Gasteiger partial charge in [-0.05, 0) is 44.2 Å². The lowest BCUT2D eigenvalue weighted by Crippen LogP contribution is -2.42. The summed E-state index contributed by atoms with van der Waals surface area (Å²) in [6, 6.07) is 9.90. The van der Waals surface area contributed by atoms with Gasteiger partial charge in [0.05, 0.1) is 16.1 Å². The van der Waals surface area contributed by atoms with E-state index < -0.39 is 5.41 Å². The molecule has 0 aromatic heterocycles. The molecule has 0 aliphatic carbocycles. The zero-order chi connectivity index (χ0) is 21.9. The third-order valence-electron chi connectivity index (χ3n) is 4.51. The van der Waals surface area contributed by atoms with Gasteiger partial charge >= 0.3 is 0 Å². The van der Waals surface area contributed by atoms with Crippen LogP contribution < -0.4 is 19.7 Å². The Bertz CT molecular complexity index is 991. The first-order valence-corrected chi connectivity index (χ1v) is 10.0. The summed E-state index contributed by atoms with van der Waals surface area (Å²) in [5.41, 5.74) is 0.472. The minimum atomic E-state index is -0.683. The van der Waals surface area contributed by atoms with Crippen molar-refractivity contribution in [2.75, 3.05) is 30.0 Å². The molecule has 30 heavy (non-hydrogen) atoms. The molecule has 0 fully saturated rings. The highest BCUT2D eigenvalue weighted by Gasteiger charge is 2.37. The van der Waals surface area contributed by atoms with E-state index in [9.17, 15) is 9.59 Å². The number of hydrogen-bond donors (Lipinski definition) is 1. The number of fused-ring (bicyclic) bond motifs is 1. The van der Waals surface area contributed by atoms with Gasteiger partial charge in [0.2, 0.25) is 5.91 Å². The van der Waals surface area contributed by atoms with E-state index in [0.717, 1.165) is 0 Å². The number of amides is 2. The summed E-state index contributed by atoms with van der Waals surface area (Å²) in [5.74, 6) is 0.456. The van der Waals surface area contributed by atoms with Crippen molar-refractivity contribution in [1.82, 2.24) is 0 Å². The molecule has 0 saturated heterocycles. The van der Waals surface area contributed by atoms with Crippen molar-refractivity contribution in [3.8, 4) is 11.5 Å². The molecule has 158 valence electrons. The molecule has 0 saturated carbocycles. The van der Waals surface area contributed by atoms with Crippen LogP contribution in [0.1, 0.15) is 13.8 Å². The molecule has 2 aromatic carbocycles. The number of nitrogens with one attached hydrogen (secondary N) is 1. The van der Waals surface area contributed by atoms with E-state index in [2.05, 4.69) is 11.9 Å². The zero-order valence-electron chi connectivity index (χ0n) is 16.7. The maximum atomic E-state index is 12.8. The average molecular weight is 449 g/mol. The first-order chi connectivity index (χ1) is 14.2. The summed E-state index contributed by atoms with van der Waals surface area (Å²) in [6.07, 6.45) is 1.66. The number of halogens is 2. The van der Waals surface area contributed by atoms with E-state index in [-0.39, 0.29) is 25.0 Å². The predicted molar refractivity (Wildman–Crippen MR) is 119 cm³/mol. The van der Waals surface area contributed by atoms with Crippen molar-refractivity contribution in [1.29, 1.82) is 0 Å². The third-order valence-corrected chi connectivity index (χ3v) is 5.04. The van der Waals surface area contributed by atoms with Crippen LogP contribution in [-0.4, -0.2) is 31.6 Å². The molecule has 1 heterocycles. The van der Waals surface area contributed by atoms with Gasteiger partial charge < -0.3 is 19.7 Å². The molecule has 1 aliphatic rings. The van der Waals surface area contributed by atoms with Crippen molar-refractivity contribution in [2.24, 2.45) is 5.41 Å². The minimum absolute atomic E-state index is 0.0498. The molecule has 0 spiro atoms. The van der Waals surface area contributed by atoms with Crippen molar-refractivity contribution in [2.45, 2.75) is 13.8 Å². The second kappa shape index (κ2) is 8.98. The lowest BCUT2D eigenvalue weighted by atomic mass is 9.93. The highest BCUT2D eigenvalue weighted by atomic mass is 35.5. The Kier molecular flexibility index (Phi) is 6.58. The Hall–Kier alpha value is -2.70. The highest BCUT2D eigenvalue weighted by molar-refractivity contribution is 6.35. The summed E-state index contributed by atoms with van der Waals surface area (Å²) in [7, 11) is 0. The number of anilines is 2. The van der Waals surface area contributed by atoms with E-state index in [4.69, 9.17) is 32.7 Å². The molecule has 1 aliphatic heterocycles. The van der Waals surface area contributed by atoms with Crippen molar-refractivity contribution in [3.63, 3.8) is 0 Å². The molecule has 0 unspecified atom stereocenters. The van der Waals surface area contributed by atoms with Gasteiger partial charge in [0.1, 0.15) is 18.1 Å². The maximum Gasteiger partial charge on any atom is 0.262 e. The molecule has 2 aromatic rings. The number of rotatable bonds is 6. The quantitative estimate of drug-likeness (QED) is 0.634. The van der Waals surface area contributed by atoms with Gasteiger partial charge in [-0.25, -0.2) is 0 Å². The van der Waals surface area contributed by atoms with Crippen LogP contribution in [0, 0.1) is 5.41 Å². The minimum Gasteiger partial charge on any atom is -0.490 e. The van der Waals surface area contributed by atoms with Gasteiger partial charge in [-0.15, -0.1) is 6.58 Å². The second-order valence-electron chi connectivity index (χ2n) is 7.47. The van der Waals surface area contributed by atoms with Crippen molar-refractivity contribution in [3.05, 3.63) is 59.1 Å². The van der Waals surface area contributed by atoms with Gasteiger partial charge in [0.25, 0.3) is 5.91 Å². The Morgan fingerprint density at radius 3 is 2.77 bits per heavy atom. The van der Waals surface area contributed by atoms with Crippen molar-refractivity contribution >= 4 is 46.4 Å². The van der Waals surface area contributed by atoms with Crippen LogP contribution in [0.3, 0.4) is 0 Å². The summed E-state index contributed by atoms with van der Waals surface area (Å²) in [4.78, 5) is 26.8. The fraction of sp³-hybridized carbons (Fsp3) is 0.273. The van der Waals surface area contributed by atoms with Crippen LogP contribution in [0.5, 0.6) is 11.5 Å². The molecule has 6 nitrogen and oxygen atoms in total.